The lowest BCUT2D eigenvalue weighted by atomic mass is 10.1. The fraction of sp³-hybridized carbons (Fsp3) is 0.0417. The van der Waals surface area contributed by atoms with E-state index >= 15 is 0 Å². The van der Waals surface area contributed by atoms with E-state index in [0.29, 0.717) is 5.56 Å². The van der Waals surface area contributed by atoms with E-state index in [9.17, 15) is 29.8 Å². The van der Waals surface area contributed by atoms with Gasteiger partial charge in [-0.15, -0.1) is 0 Å². The van der Waals surface area contributed by atoms with Crippen molar-refractivity contribution >= 4 is 91.4 Å². The van der Waals surface area contributed by atoms with Crippen molar-refractivity contribution in [3.63, 3.8) is 0 Å². The average Bonchev–Trinajstić information content (AvgIpc) is 2.90. The number of carbonyl (C=O) groups is 2. The molecule has 16 heteroatoms. The number of nitro groups is 2. The summed E-state index contributed by atoms with van der Waals surface area (Å²) in [6, 6.07) is 10.4. The van der Waals surface area contributed by atoms with Crippen molar-refractivity contribution in [2.75, 3.05) is 12.0 Å². The van der Waals surface area contributed by atoms with Crippen LogP contribution in [0.5, 0.6) is 17.2 Å². The largest absolute Gasteiger partial charge is 0.493 e. The summed E-state index contributed by atoms with van der Waals surface area (Å²) in [4.78, 5) is 48.1. The summed E-state index contributed by atoms with van der Waals surface area (Å²) in [6.07, 6.45) is 1.27. The van der Waals surface area contributed by atoms with Crippen LogP contribution in [0.25, 0.3) is 6.08 Å². The zero-order valence-corrected chi connectivity index (χ0v) is 23.8. The number of ether oxygens (including phenoxy) is 2. The monoisotopic (exact) mass is 666 g/mol. The molecule has 12 nitrogen and oxygen atoms in total. The van der Waals surface area contributed by atoms with Gasteiger partial charge in [-0.25, -0.2) is 0 Å². The zero-order chi connectivity index (χ0) is 29.3. The van der Waals surface area contributed by atoms with Crippen LogP contribution in [0.3, 0.4) is 0 Å². The number of amides is 2. The molecule has 0 spiro atoms. The van der Waals surface area contributed by atoms with Crippen molar-refractivity contribution in [3.8, 4) is 17.2 Å². The number of methoxy groups -OCH3 is 1. The molecule has 0 bridgehead atoms. The molecule has 3 aromatic rings. The third-order valence-electron chi connectivity index (χ3n) is 5.40. The topological polar surface area (TPSA) is 154 Å². The molecule has 4 rings (SSSR count). The van der Waals surface area contributed by atoms with Crippen molar-refractivity contribution in [2.45, 2.75) is 0 Å². The second-order valence-corrected chi connectivity index (χ2v) is 9.86. The van der Waals surface area contributed by atoms with E-state index in [1.807, 2.05) is 0 Å². The van der Waals surface area contributed by atoms with E-state index in [-0.39, 0.29) is 48.1 Å². The van der Waals surface area contributed by atoms with Crippen LogP contribution >= 0.6 is 51.3 Å². The van der Waals surface area contributed by atoms with Crippen molar-refractivity contribution in [3.05, 3.63) is 94.4 Å². The molecule has 3 aromatic carbocycles. The minimum absolute atomic E-state index is 0.00506. The first-order chi connectivity index (χ1) is 18.9. The van der Waals surface area contributed by atoms with Crippen LogP contribution in [0, 0.1) is 20.2 Å². The van der Waals surface area contributed by atoms with Crippen molar-refractivity contribution < 1.29 is 28.9 Å². The minimum Gasteiger partial charge on any atom is -0.493 e. The van der Waals surface area contributed by atoms with Gasteiger partial charge in [-0.3, -0.25) is 40.0 Å². The van der Waals surface area contributed by atoms with Gasteiger partial charge in [0.1, 0.15) is 5.57 Å². The molecule has 1 heterocycles. The van der Waals surface area contributed by atoms with Gasteiger partial charge < -0.3 is 9.47 Å². The number of nitrogens with zero attached hydrogens (tertiary/aromatic N) is 3. The number of anilines is 1. The quantitative estimate of drug-likeness (QED) is 0.102. The third-order valence-corrected chi connectivity index (χ3v) is 7.08. The Balaban J connectivity index is 1.74. The number of nitrogens with one attached hydrogen (secondary N) is 1. The van der Waals surface area contributed by atoms with E-state index in [4.69, 9.17) is 44.9 Å². The zero-order valence-electron chi connectivity index (χ0n) is 19.8. The van der Waals surface area contributed by atoms with Gasteiger partial charge in [-0.05, 0) is 70.1 Å². The molecule has 1 N–H and O–H groups in total. The Morgan fingerprint density at radius 3 is 2.42 bits per heavy atom. The predicted molar refractivity (Wildman–Crippen MR) is 153 cm³/mol. The highest BCUT2D eigenvalue weighted by Gasteiger charge is 2.36. The first kappa shape index (κ1) is 28.9. The van der Waals surface area contributed by atoms with Crippen LogP contribution < -0.4 is 19.7 Å². The van der Waals surface area contributed by atoms with Gasteiger partial charge in [0, 0.05) is 6.07 Å². The Hall–Kier alpha value is -4.11. The second kappa shape index (κ2) is 11.6. The van der Waals surface area contributed by atoms with Crippen LogP contribution in [0.4, 0.5) is 17.1 Å². The van der Waals surface area contributed by atoms with Crippen LogP contribution in [0.15, 0.2) is 58.6 Å². The van der Waals surface area contributed by atoms with Crippen molar-refractivity contribution in [1.82, 2.24) is 5.32 Å². The van der Waals surface area contributed by atoms with Crippen LogP contribution in [-0.2, 0) is 9.59 Å². The highest BCUT2D eigenvalue weighted by atomic mass is 79.9. The first-order valence-corrected chi connectivity index (χ1v) is 12.7. The van der Waals surface area contributed by atoms with Crippen LogP contribution in [-0.4, -0.2) is 33.9 Å². The molecule has 0 aromatic heterocycles. The molecule has 1 saturated heterocycles. The summed E-state index contributed by atoms with van der Waals surface area (Å²) in [6.45, 7) is 0. The number of carbonyl (C=O) groups excluding carboxylic acids is 2. The normalized spacial score (nSPS) is 14.2. The third kappa shape index (κ3) is 5.60. The average molecular weight is 668 g/mol. The molecule has 1 aliphatic rings. The molecule has 1 fully saturated rings. The van der Waals surface area contributed by atoms with Gasteiger partial charge in [-0.1, -0.05) is 29.3 Å². The molecule has 0 atom stereocenters. The molecule has 204 valence electrons. The lowest BCUT2D eigenvalue weighted by molar-refractivity contribution is -0.394. The number of halogens is 3. The lowest BCUT2D eigenvalue weighted by Crippen LogP contribution is -2.54. The molecule has 40 heavy (non-hydrogen) atoms. The molecule has 0 aliphatic carbocycles. The summed E-state index contributed by atoms with van der Waals surface area (Å²) in [7, 11) is 1.30. The fourth-order valence-electron chi connectivity index (χ4n) is 3.59. The standard InChI is InChI=1S/C24H13BrCl2N4O8S/c1-38-19-9-11(8-14(25)21(19)39-18-6-5-12(30(34)35)10-17(18)31(36)37)7-13-22(32)28-24(40)29(23(13)33)16-4-2-3-15(26)20(16)27/h2-10H,1H3,(H,28,32,40)/b13-7+. The van der Waals surface area contributed by atoms with E-state index in [2.05, 4.69) is 21.2 Å². The smallest absolute Gasteiger partial charge is 0.318 e. The van der Waals surface area contributed by atoms with Gasteiger partial charge in [0.05, 0.1) is 43.2 Å². The van der Waals surface area contributed by atoms with Crippen LogP contribution in [0.2, 0.25) is 10.0 Å². The van der Waals surface area contributed by atoms with E-state index < -0.39 is 33.0 Å². The van der Waals surface area contributed by atoms with Gasteiger partial charge in [0.15, 0.2) is 16.6 Å². The SMILES string of the molecule is COc1cc(/C=C2\C(=O)NC(=S)N(c3cccc(Cl)c3Cl)C2=O)cc(Br)c1Oc1ccc([N+](=O)[O-])cc1[N+](=O)[O-]. The molecular weight excluding hydrogens is 655 g/mol. The second-order valence-electron chi connectivity index (χ2n) is 7.83. The molecule has 2 amide bonds. The maximum Gasteiger partial charge on any atom is 0.318 e. The van der Waals surface area contributed by atoms with E-state index in [0.717, 1.165) is 23.1 Å². The predicted octanol–water partition coefficient (Wildman–Crippen LogP) is 6.20. The Morgan fingerprint density at radius 2 is 1.77 bits per heavy atom. The highest BCUT2D eigenvalue weighted by Crippen LogP contribution is 2.43. The lowest BCUT2D eigenvalue weighted by Gasteiger charge is -2.29. The molecule has 1 aliphatic heterocycles. The molecular formula is C24H13BrCl2N4O8S. The maximum absolute atomic E-state index is 13.4. The Bertz CT molecular complexity index is 1670. The highest BCUT2D eigenvalue weighted by molar-refractivity contribution is 9.10. The van der Waals surface area contributed by atoms with Crippen molar-refractivity contribution in [1.29, 1.82) is 0 Å². The summed E-state index contributed by atoms with van der Waals surface area (Å²) < 4.78 is 11.3. The van der Waals surface area contributed by atoms with E-state index in [1.165, 1.54) is 37.5 Å². The number of rotatable bonds is 7. The van der Waals surface area contributed by atoms with Gasteiger partial charge >= 0.3 is 5.69 Å². The van der Waals surface area contributed by atoms with Gasteiger partial charge in [0.2, 0.25) is 5.75 Å². The number of hydrogen-bond donors (Lipinski definition) is 1. The number of benzene rings is 3. The molecule has 0 saturated carbocycles. The summed E-state index contributed by atoms with van der Waals surface area (Å²) >= 11 is 20.8. The first-order valence-electron chi connectivity index (χ1n) is 10.8. The summed E-state index contributed by atoms with van der Waals surface area (Å²) in [5.41, 5.74) is -0.956. The number of non-ortho nitro benzene ring substituents is 1. The summed E-state index contributed by atoms with van der Waals surface area (Å²) in [5.74, 6) is -1.77. The maximum atomic E-state index is 13.4. The van der Waals surface area contributed by atoms with Gasteiger partial charge in [0.25, 0.3) is 17.5 Å². The Kier molecular flexibility index (Phi) is 8.34. The molecule has 0 unspecified atom stereocenters. The molecule has 0 radical (unpaired) electrons. The number of nitro benzene ring substituents is 2. The number of thiocarbonyl (C=S) groups is 1. The Morgan fingerprint density at radius 1 is 1.05 bits per heavy atom. The summed E-state index contributed by atoms with van der Waals surface area (Å²) in [5, 5.41) is 25.0. The van der Waals surface area contributed by atoms with Crippen LogP contribution in [0.1, 0.15) is 5.56 Å². The minimum atomic E-state index is -0.822. The van der Waals surface area contributed by atoms with Crippen molar-refractivity contribution in [2.24, 2.45) is 0 Å². The van der Waals surface area contributed by atoms with Gasteiger partial charge in [-0.2, -0.15) is 0 Å². The fourth-order valence-corrected chi connectivity index (χ4v) is 4.78. The Labute approximate surface area is 248 Å². The van der Waals surface area contributed by atoms with E-state index in [1.54, 1.807) is 6.07 Å². The number of hydrogen-bond acceptors (Lipinski definition) is 9.